The van der Waals surface area contributed by atoms with E-state index >= 15 is 0 Å². The lowest BCUT2D eigenvalue weighted by Gasteiger charge is -2.07. The van der Waals surface area contributed by atoms with Gasteiger partial charge in [-0.1, -0.05) is 54.2 Å². The van der Waals surface area contributed by atoms with Gasteiger partial charge in [0.25, 0.3) is 5.69 Å². The minimum atomic E-state index is -0.374. The van der Waals surface area contributed by atoms with Crippen LogP contribution in [0.5, 0.6) is 0 Å². The molecule has 0 aliphatic heterocycles. The van der Waals surface area contributed by atoms with Crippen LogP contribution in [0.2, 0.25) is 0 Å². The van der Waals surface area contributed by atoms with Crippen LogP contribution in [0.15, 0.2) is 59.8 Å². The van der Waals surface area contributed by atoms with Crippen LogP contribution in [-0.2, 0) is 18.7 Å². The maximum absolute atomic E-state index is 10.9. The molecule has 0 spiro atoms. The van der Waals surface area contributed by atoms with E-state index in [1.54, 1.807) is 23.9 Å². The quantitative estimate of drug-likeness (QED) is 0.363. The number of hydrogen-bond donors (Lipinski definition) is 0. The summed E-state index contributed by atoms with van der Waals surface area (Å²) in [6, 6.07) is 16.9. The van der Waals surface area contributed by atoms with Crippen molar-refractivity contribution in [1.82, 2.24) is 14.8 Å². The zero-order chi connectivity index (χ0) is 17.6. The van der Waals surface area contributed by atoms with Crippen molar-refractivity contribution in [3.8, 4) is 0 Å². The van der Waals surface area contributed by atoms with E-state index in [0.717, 1.165) is 29.5 Å². The number of rotatable bonds is 7. The molecule has 0 aliphatic carbocycles. The molecule has 0 aliphatic rings. The Labute approximate surface area is 150 Å². The monoisotopic (exact) mass is 354 g/mol. The number of benzene rings is 2. The zero-order valence-corrected chi connectivity index (χ0v) is 14.6. The lowest BCUT2D eigenvalue weighted by Crippen LogP contribution is -2.04. The highest BCUT2D eigenvalue weighted by Crippen LogP contribution is 2.24. The van der Waals surface area contributed by atoms with E-state index in [4.69, 9.17) is 0 Å². The summed E-state index contributed by atoms with van der Waals surface area (Å²) in [5.41, 5.74) is 2.20. The smallest absolute Gasteiger partial charge is 0.269 e. The largest absolute Gasteiger partial charge is 0.306 e. The van der Waals surface area contributed by atoms with Gasteiger partial charge in [-0.15, -0.1) is 10.2 Å². The maximum atomic E-state index is 10.9. The molecule has 0 saturated heterocycles. The highest BCUT2D eigenvalue weighted by atomic mass is 32.2. The Hall–Kier alpha value is -2.67. The molecule has 0 radical (unpaired) electrons. The zero-order valence-electron chi connectivity index (χ0n) is 13.8. The van der Waals surface area contributed by atoms with E-state index in [1.165, 1.54) is 11.6 Å². The summed E-state index contributed by atoms with van der Waals surface area (Å²) in [6.45, 7) is 2.85. The third-order valence-corrected chi connectivity index (χ3v) is 4.84. The number of nitro benzene ring substituents is 1. The highest BCUT2D eigenvalue weighted by Gasteiger charge is 2.13. The average molecular weight is 354 g/mol. The summed E-state index contributed by atoms with van der Waals surface area (Å²) >= 11 is 1.54. The maximum Gasteiger partial charge on any atom is 0.269 e. The van der Waals surface area contributed by atoms with Gasteiger partial charge in [0.05, 0.1) is 4.92 Å². The molecular weight excluding hydrogens is 336 g/mol. The van der Waals surface area contributed by atoms with Gasteiger partial charge in [0.2, 0.25) is 0 Å². The van der Waals surface area contributed by atoms with Gasteiger partial charge in [0.1, 0.15) is 5.82 Å². The van der Waals surface area contributed by atoms with Gasteiger partial charge < -0.3 is 4.57 Å². The summed E-state index contributed by atoms with van der Waals surface area (Å²) in [6.07, 6.45) is 0.735. The van der Waals surface area contributed by atoms with Gasteiger partial charge in [-0.3, -0.25) is 10.1 Å². The topological polar surface area (TPSA) is 73.8 Å². The number of thioether (sulfide) groups is 1. The molecule has 128 valence electrons. The van der Waals surface area contributed by atoms with Crippen molar-refractivity contribution >= 4 is 17.4 Å². The minimum Gasteiger partial charge on any atom is -0.306 e. The summed E-state index contributed by atoms with van der Waals surface area (Å²) in [5, 5.41) is 20.3. The van der Waals surface area contributed by atoms with Crippen LogP contribution in [-0.4, -0.2) is 19.7 Å². The summed E-state index contributed by atoms with van der Waals surface area (Å²) in [7, 11) is 0. The first-order chi connectivity index (χ1) is 12.2. The van der Waals surface area contributed by atoms with E-state index in [9.17, 15) is 10.1 Å². The number of nitro groups is 1. The molecule has 6 nitrogen and oxygen atoms in total. The summed E-state index contributed by atoms with van der Waals surface area (Å²) < 4.78 is 2.09. The van der Waals surface area contributed by atoms with Crippen LogP contribution in [0.3, 0.4) is 0 Å². The molecule has 0 fully saturated rings. The first-order valence-corrected chi connectivity index (χ1v) is 8.98. The first-order valence-electron chi connectivity index (χ1n) is 7.99. The number of aromatic nitrogens is 3. The predicted molar refractivity (Wildman–Crippen MR) is 97.6 cm³/mol. The number of nitrogens with zero attached hydrogens (tertiary/aromatic N) is 4. The average Bonchev–Trinajstić information content (AvgIpc) is 3.02. The van der Waals surface area contributed by atoms with Crippen LogP contribution >= 0.6 is 11.8 Å². The molecule has 2 aromatic carbocycles. The lowest BCUT2D eigenvalue weighted by atomic mass is 10.1. The predicted octanol–water partition coefficient (Wildman–Crippen LogP) is 4.09. The van der Waals surface area contributed by atoms with E-state index in [2.05, 4.69) is 33.8 Å². The second-order valence-corrected chi connectivity index (χ2v) is 6.46. The van der Waals surface area contributed by atoms with Crippen molar-refractivity contribution < 1.29 is 4.92 Å². The second-order valence-electron chi connectivity index (χ2n) is 5.52. The normalized spacial score (nSPS) is 10.8. The van der Waals surface area contributed by atoms with Gasteiger partial charge >= 0.3 is 0 Å². The van der Waals surface area contributed by atoms with Crippen LogP contribution < -0.4 is 0 Å². The molecule has 0 amide bonds. The van der Waals surface area contributed by atoms with Gasteiger partial charge in [-0.2, -0.15) is 0 Å². The minimum absolute atomic E-state index is 0.111. The molecule has 0 atom stereocenters. The molecule has 0 N–H and O–H groups in total. The molecule has 0 saturated carbocycles. The summed E-state index contributed by atoms with van der Waals surface area (Å²) in [5.74, 6) is 1.54. The molecule has 3 rings (SSSR count). The van der Waals surface area contributed by atoms with Gasteiger partial charge in [0, 0.05) is 30.9 Å². The Balaban J connectivity index is 1.73. The molecule has 0 bridgehead atoms. The second kappa shape index (κ2) is 7.94. The van der Waals surface area contributed by atoms with Crippen LogP contribution in [0.1, 0.15) is 23.9 Å². The van der Waals surface area contributed by atoms with Crippen molar-refractivity contribution in [1.29, 1.82) is 0 Å². The van der Waals surface area contributed by atoms with Crippen LogP contribution in [0.25, 0.3) is 0 Å². The van der Waals surface area contributed by atoms with Crippen molar-refractivity contribution in [2.24, 2.45) is 0 Å². The van der Waals surface area contributed by atoms with E-state index < -0.39 is 0 Å². The van der Waals surface area contributed by atoms with Gasteiger partial charge in [0.15, 0.2) is 5.16 Å². The van der Waals surface area contributed by atoms with Gasteiger partial charge in [-0.05, 0) is 18.1 Å². The number of hydrogen-bond acceptors (Lipinski definition) is 5. The standard InChI is InChI=1S/C18H18N4O2S/c1-2-21-17(12-14-7-4-3-5-8-14)19-20-18(21)25-13-15-9-6-10-16(11-15)22(23)24/h3-11H,2,12-13H2,1H3. The van der Waals surface area contributed by atoms with Gasteiger partial charge in [-0.25, -0.2) is 0 Å². The van der Waals surface area contributed by atoms with E-state index in [0.29, 0.717) is 5.75 Å². The van der Waals surface area contributed by atoms with Crippen molar-refractivity contribution in [3.05, 3.63) is 81.7 Å². The Morgan fingerprint density at radius 2 is 1.84 bits per heavy atom. The Morgan fingerprint density at radius 1 is 1.08 bits per heavy atom. The SMILES string of the molecule is CCn1c(Cc2ccccc2)nnc1SCc1cccc([N+](=O)[O-])c1. The molecule has 0 unspecified atom stereocenters. The van der Waals surface area contributed by atoms with Crippen LogP contribution in [0, 0.1) is 10.1 Å². The third-order valence-electron chi connectivity index (χ3n) is 3.80. The Morgan fingerprint density at radius 3 is 2.56 bits per heavy atom. The van der Waals surface area contributed by atoms with E-state index in [1.807, 2.05) is 24.3 Å². The fourth-order valence-electron chi connectivity index (χ4n) is 2.56. The molecule has 3 aromatic rings. The number of non-ortho nitro benzene ring substituents is 1. The third kappa shape index (κ3) is 4.24. The Bertz CT molecular complexity index is 865. The molecular formula is C18H18N4O2S. The fraction of sp³-hybridized carbons (Fsp3) is 0.222. The van der Waals surface area contributed by atoms with Crippen LogP contribution in [0.4, 0.5) is 5.69 Å². The first kappa shape index (κ1) is 17.2. The van der Waals surface area contributed by atoms with Crippen molar-refractivity contribution in [2.75, 3.05) is 0 Å². The summed E-state index contributed by atoms with van der Waals surface area (Å²) in [4.78, 5) is 10.5. The van der Waals surface area contributed by atoms with E-state index in [-0.39, 0.29) is 10.6 Å². The molecule has 25 heavy (non-hydrogen) atoms. The van der Waals surface area contributed by atoms with Crippen molar-refractivity contribution in [3.63, 3.8) is 0 Å². The Kier molecular flexibility index (Phi) is 5.45. The highest BCUT2D eigenvalue weighted by molar-refractivity contribution is 7.98. The lowest BCUT2D eigenvalue weighted by molar-refractivity contribution is -0.384. The van der Waals surface area contributed by atoms with Crippen molar-refractivity contribution in [2.45, 2.75) is 30.8 Å². The molecule has 1 aromatic heterocycles. The molecule has 1 heterocycles. The molecule has 7 heteroatoms. The fourth-order valence-corrected chi connectivity index (χ4v) is 3.52.